The zero-order chi connectivity index (χ0) is 16.2. The number of nitrogens with zero attached hydrogens (tertiary/aromatic N) is 1. The number of fused-ring (bicyclic) bond motifs is 2. The summed E-state index contributed by atoms with van der Waals surface area (Å²) in [5.74, 6) is 3.59. The zero-order valence-corrected chi connectivity index (χ0v) is 15.1. The first-order chi connectivity index (χ1) is 11.2. The SMILES string of the molecule is CCCCSCc1cc(C(=O)N2CC[C@H]3CC[C@@H](C2)N3)oc1C. The largest absolute Gasteiger partial charge is 0.456 e. The minimum Gasteiger partial charge on any atom is -0.456 e. The van der Waals surface area contributed by atoms with Gasteiger partial charge in [0.2, 0.25) is 0 Å². The number of likely N-dealkylation sites (tertiary alicyclic amines) is 1. The fourth-order valence-corrected chi connectivity index (χ4v) is 4.62. The summed E-state index contributed by atoms with van der Waals surface area (Å²) >= 11 is 1.92. The van der Waals surface area contributed by atoms with Gasteiger partial charge in [-0.3, -0.25) is 4.79 Å². The number of furan rings is 1. The molecule has 128 valence electrons. The Morgan fingerprint density at radius 2 is 2.22 bits per heavy atom. The molecule has 3 heterocycles. The number of thioether (sulfide) groups is 1. The fourth-order valence-electron chi connectivity index (χ4n) is 3.48. The van der Waals surface area contributed by atoms with Crippen LogP contribution in [0, 0.1) is 6.92 Å². The van der Waals surface area contributed by atoms with Crippen molar-refractivity contribution in [3.63, 3.8) is 0 Å². The number of carbonyl (C=O) groups excluding carboxylic acids is 1. The third kappa shape index (κ3) is 4.13. The van der Waals surface area contributed by atoms with E-state index in [1.54, 1.807) is 0 Å². The van der Waals surface area contributed by atoms with Gasteiger partial charge in [-0.25, -0.2) is 0 Å². The van der Waals surface area contributed by atoms with Crippen molar-refractivity contribution < 1.29 is 9.21 Å². The van der Waals surface area contributed by atoms with Crippen molar-refractivity contribution in [1.82, 2.24) is 10.2 Å². The lowest BCUT2D eigenvalue weighted by Gasteiger charge is -2.23. The highest BCUT2D eigenvalue weighted by atomic mass is 32.2. The number of nitrogens with one attached hydrogen (secondary N) is 1. The van der Waals surface area contributed by atoms with Gasteiger partial charge in [-0.05, 0) is 44.4 Å². The molecule has 1 aromatic rings. The Balaban J connectivity index is 1.61. The number of carbonyl (C=O) groups is 1. The summed E-state index contributed by atoms with van der Waals surface area (Å²) in [5.41, 5.74) is 1.17. The molecule has 3 rings (SSSR count). The average Bonchev–Trinajstić information content (AvgIpc) is 3.06. The van der Waals surface area contributed by atoms with Gasteiger partial charge in [-0.15, -0.1) is 0 Å². The third-order valence-corrected chi connectivity index (χ3v) is 6.03. The summed E-state index contributed by atoms with van der Waals surface area (Å²) in [6.07, 6.45) is 5.97. The van der Waals surface area contributed by atoms with Crippen molar-refractivity contribution in [3.05, 3.63) is 23.2 Å². The Kier molecular flexibility index (Phi) is 5.70. The lowest BCUT2D eigenvalue weighted by Crippen LogP contribution is -2.38. The molecule has 1 aromatic heterocycles. The van der Waals surface area contributed by atoms with Crippen LogP contribution in [0.5, 0.6) is 0 Å². The predicted molar refractivity (Wildman–Crippen MR) is 95.0 cm³/mol. The van der Waals surface area contributed by atoms with Crippen LogP contribution in [-0.2, 0) is 5.75 Å². The van der Waals surface area contributed by atoms with Gasteiger partial charge in [-0.2, -0.15) is 11.8 Å². The van der Waals surface area contributed by atoms with E-state index in [1.165, 1.54) is 37.0 Å². The van der Waals surface area contributed by atoms with Crippen molar-refractivity contribution in [2.75, 3.05) is 18.8 Å². The molecular weight excluding hydrogens is 308 g/mol. The Labute approximate surface area is 143 Å². The standard InChI is InChI=1S/C18H28N2O2S/c1-3-4-9-23-12-14-10-17(22-13(14)2)18(21)20-8-7-15-5-6-16(11-20)19-15/h10,15-16,19H,3-9,11-12H2,1-2H3/t15-,16+/m1/s1. The smallest absolute Gasteiger partial charge is 0.289 e. The fraction of sp³-hybridized carbons (Fsp3) is 0.722. The highest BCUT2D eigenvalue weighted by Gasteiger charge is 2.32. The summed E-state index contributed by atoms with van der Waals surface area (Å²) in [5, 5.41) is 3.62. The van der Waals surface area contributed by atoms with Crippen LogP contribution in [0.25, 0.3) is 0 Å². The molecule has 0 unspecified atom stereocenters. The summed E-state index contributed by atoms with van der Waals surface area (Å²) in [4.78, 5) is 14.7. The molecular formula is C18H28N2O2S. The lowest BCUT2D eigenvalue weighted by molar-refractivity contribution is 0.0714. The second kappa shape index (κ2) is 7.75. The van der Waals surface area contributed by atoms with E-state index in [1.807, 2.05) is 29.7 Å². The van der Waals surface area contributed by atoms with E-state index in [0.717, 1.165) is 31.0 Å². The molecule has 2 aliphatic rings. The summed E-state index contributed by atoms with van der Waals surface area (Å²) in [6, 6.07) is 3.03. The summed E-state index contributed by atoms with van der Waals surface area (Å²) < 4.78 is 5.78. The van der Waals surface area contributed by atoms with E-state index in [4.69, 9.17) is 4.42 Å². The molecule has 1 N–H and O–H groups in total. The van der Waals surface area contributed by atoms with E-state index >= 15 is 0 Å². The van der Waals surface area contributed by atoms with Crippen LogP contribution in [0.1, 0.15) is 60.9 Å². The van der Waals surface area contributed by atoms with E-state index in [-0.39, 0.29) is 5.91 Å². The molecule has 0 aliphatic carbocycles. The number of amides is 1. The van der Waals surface area contributed by atoms with Crippen molar-refractivity contribution in [2.24, 2.45) is 0 Å². The Hall–Kier alpha value is -0.940. The van der Waals surface area contributed by atoms with Gasteiger partial charge >= 0.3 is 0 Å². The van der Waals surface area contributed by atoms with Crippen molar-refractivity contribution in [2.45, 2.75) is 63.8 Å². The van der Waals surface area contributed by atoms with Crippen LogP contribution >= 0.6 is 11.8 Å². The van der Waals surface area contributed by atoms with E-state index < -0.39 is 0 Å². The first-order valence-electron chi connectivity index (χ1n) is 8.89. The Bertz CT molecular complexity index is 543. The average molecular weight is 337 g/mol. The van der Waals surface area contributed by atoms with E-state index in [2.05, 4.69) is 12.2 Å². The molecule has 1 amide bonds. The number of aryl methyl sites for hydroxylation is 1. The van der Waals surface area contributed by atoms with Gasteiger partial charge in [0, 0.05) is 36.5 Å². The minimum absolute atomic E-state index is 0.0623. The molecule has 2 bridgehead atoms. The number of hydrogen-bond donors (Lipinski definition) is 1. The van der Waals surface area contributed by atoms with Crippen LogP contribution in [0.4, 0.5) is 0 Å². The molecule has 0 spiro atoms. The molecule has 5 heteroatoms. The van der Waals surface area contributed by atoms with Crippen LogP contribution in [0.2, 0.25) is 0 Å². The molecule has 2 aliphatic heterocycles. The number of hydrogen-bond acceptors (Lipinski definition) is 4. The highest BCUT2D eigenvalue weighted by molar-refractivity contribution is 7.98. The zero-order valence-electron chi connectivity index (χ0n) is 14.3. The molecule has 0 radical (unpaired) electrons. The number of unbranched alkanes of at least 4 members (excludes halogenated alkanes) is 1. The Morgan fingerprint density at radius 3 is 3.04 bits per heavy atom. The normalized spacial score (nSPS) is 24.0. The van der Waals surface area contributed by atoms with Crippen molar-refractivity contribution >= 4 is 17.7 Å². The van der Waals surface area contributed by atoms with Crippen LogP contribution in [-0.4, -0.2) is 41.7 Å². The quantitative estimate of drug-likeness (QED) is 0.807. The maximum atomic E-state index is 12.8. The molecule has 0 saturated carbocycles. The topological polar surface area (TPSA) is 45.5 Å². The second-order valence-electron chi connectivity index (χ2n) is 6.78. The van der Waals surface area contributed by atoms with Gasteiger partial charge < -0.3 is 14.6 Å². The maximum absolute atomic E-state index is 12.8. The van der Waals surface area contributed by atoms with Gasteiger partial charge in [-0.1, -0.05) is 13.3 Å². The van der Waals surface area contributed by atoms with Crippen LogP contribution < -0.4 is 5.32 Å². The first-order valence-corrected chi connectivity index (χ1v) is 10.0. The van der Waals surface area contributed by atoms with Crippen LogP contribution in [0.3, 0.4) is 0 Å². The van der Waals surface area contributed by atoms with Crippen LogP contribution in [0.15, 0.2) is 10.5 Å². The second-order valence-corrected chi connectivity index (χ2v) is 7.88. The molecule has 4 nitrogen and oxygen atoms in total. The van der Waals surface area contributed by atoms with Gasteiger partial charge in [0.1, 0.15) is 5.76 Å². The van der Waals surface area contributed by atoms with Crippen molar-refractivity contribution in [3.8, 4) is 0 Å². The maximum Gasteiger partial charge on any atom is 0.289 e. The monoisotopic (exact) mass is 336 g/mol. The van der Waals surface area contributed by atoms with Gasteiger partial charge in [0.05, 0.1) is 0 Å². The molecule has 23 heavy (non-hydrogen) atoms. The summed E-state index contributed by atoms with van der Waals surface area (Å²) in [7, 11) is 0. The lowest BCUT2D eigenvalue weighted by atomic mass is 10.1. The van der Waals surface area contributed by atoms with Gasteiger partial charge in [0.15, 0.2) is 5.76 Å². The molecule has 2 saturated heterocycles. The predicted octanol–water partition coefficient (Wildman–Crippen LogP) is 3.59. The number of rotatable bonds is 6. The minimum atomic E-state index is 0.0623. The highest BCUT2D eigenvalue weighted by Crippen LogP contribution is 2.25. The first kappa shape index (κ1) is 16.9. The third-order valence-electron chi connectivity index (χ3n) is 4.94. The Morgan fingerprint density at radius 1 is 1.39 bits per heavy atom. The van der Waals surface area contributed by atoms with E-state index in [0.29, 0.717) is 17.8 Å². The van der Waals surface area contributed by atoms with Crippen molar-refractivity contribution in [1.29, 1.82) is 0 Å². The summed E-state index contributed by atoms with van der Waals surface area (Å²) in [6.45, 7) is 5.84. The molecule has 2 atom stereocenters. The van der Waals surface area contributed by atoms with E-state index in [9.17, 15) is 4.79 Å². The molecule has 2 fully saturated rings. The van der Waals surface area contributed by atoms with Gasteiger partial charge in [0.25, 0.3) is 5.91 Å². The molecule has 0 aromatic carbocycles.